The fourth-order valence-electron chi connectivity index (χ4n) is 3.49. The molecule has 1 aliphatic heterocycles. The molecule has 3 rings (SSSR count). The first-order chi connectivity index (χ1) is 13.6. The van der Waals surface area contributed by atoms with Crippen molar-refractivity contribution in [2.24, 2.45) is 0 Å². The van der Waals surface area contributed by atoms with Crippen LogP contribution in [0.25, 0.3) is 11.1 Å². The fraction of sp³-hybridized carbons (Fsp3) is 0.500. The zero-order valence-corrected chi connectivity index (χ0v) is 17.1. The summed E-state index contributed by atoms with van der Waals surface area (Å²) < 4.78 is 5.26. The second-order valence-electron chi connectivity index (χ2n) is 7.47. The number of hydrogen-bond donors (Lipinski definition) is 1. The van der Waals surface area contributed by atoms with Crippen molar-refractivity contribution in [1.29, 1.82) is 0 Å². The lowest BCUT2D eigenvalue weighted by Crippen LogP contribution is -2.43. The topological polar surface area (TPSA) is 67.4 Å². The van der Waals surface area contributed by atoms with Gasteiger partial charge in [-0.3, -0.25) is 4.79 Å². The minimum atomic E-state index is -0.140. The number of piperidine rings is 1. The Morgan fingerprint density at radius 3 is 2.57 bits per heavy atom. The van der Waals surface area contributed by atoms with Crippen LogP contribution in [-0.2, 0) is 6.42 Å². The van der Waals surface area contributed by atoms with Crippen molar-refractivity contribution in [2.45, 2.75) is 45.1 Å². The van der Waals surface area contributed by atoms with Crippen LogP contribution in [0.4, 0.5) is 0 Å². The largest absolute Gasteiger partial charge is 0.497 e. The van der Waals surface area contributed by atoms with Gasteiger partial charge in [-0.05, 0) is 69.6 Å². The van der Waals surface area contributed by atoms with Gasteiger partial charge in [0.1, 0.15) is 5.75 Å². The first-order valence-corrected chi connectivity index (χ1v) is 10.1. The van der Waals surface area contributed by atoms with Crippen molar-refractivity contribution in [3.8, 4) is 16.9 Å². The molecule has 0 atom stereocenters. The van der Waals surface area contributed by atoms with E-state index in [4.69, 9.17) is 4.74 Å². The highest BCUT2D eigenvalue weighted by molar-refractivity contribution is 5.93. The molecule has 0 spiro atoms. The molecule has 0 bridgehead atoms. The van der Waals surface area contributed by atoms with E-state index in [0.29, 0.717) is 5.69 Å². The molecule has 1 amide bonds. The van der Waals surface area contributed by atoms with Crippen LogP contribution in [0, 0.1) is 0 Å². The van der Waals surface area contributed by atoms with Crippen molar-refractivity contribution in [2.75, 3.05) is 27.2 Å². The van der Waals surface area contributed by atoms with E-state index in [-0.39, 0.29) is 11.9 Å². The lowest BCUT2D eigenvalue weighted by atomic mass is 10.00. The lowest BCUT2D eigenvalue weighted by molar-refractivity contribution is 0.0910. The van der Waals surface area contributed by atoms with Gasteiger partial charge in [0.25, 0.3) is 5.91 Å². The Balaban J connectivity index is 1.82. The third-order valence-electron chi connectivity index (χ3n) is 5.32. The van der Waals surface area contributed by atoms with Gasteiger partial charge in [-0.25, -0.2) is 0 Å². The highest BCUT2D eigenvalue weighted by atomic mass is 16.5. The van der Waals surface area contributed by atoms with Crippen LogP contribution in [0.5, 0.6) is 5.75 Å². The second-order valence-corrected chi connectivity index (χ2v) is 7.47. The minimum absolute atomic E-state index is 0.140. The highest BCUT2D eigenvalue weighted by Gasteiger charge is 2.21. The Morgan fingerprint density at radius 2 is 1.93 bits per heavy atom. The Kier molecular flexibility index (Phi) is 6.98. The molecule has 28 heavy (non-hydrogen) atoms. The number of rotatable bonds is 7. The van der Waals surface area contributed by atoms with Crippen LogP contribution in [0.2, 0.25) is 0 Å². The lowest BCUT2D eigenvalue weighted by Gasteiger charge is -2.29. The summed E-state index contributed by atoms with van der Waals surface area (Å²) in [6.45, 7) is 4.16. The molecule has 0 radical (unpaired) electrons. The Hall–Kier alpha value is -2.47. The van der Waals surface area contributed by atoms with E-state index in [1.54, 1.807) is 7.11 Å². The standard InChI is InChI=1S/C22H30N4O2/c1-4-5-6-20-19(16-7-9-18(28-3)10-8-16)15-21(25-24-20)22(27)23-17-11-13-26(2)14-12-17/h7-10,15,17H,4-6,11-14H2,1-3H3,(H,23,27). The van der Waals surface area contributed by atoms with Crippen molar-refractivity contribution >= 4 is 5.91 Å². The van der Waals surface area contributed by atoms with Gasteiger partial charge in [0.2, 0.25) is 0 Å². The summed E-state index contributed by atoms with van der Waals surface area (Å²) in [5.74, 6) is 0.667. The maximum atomic E-state index is 12.8. The first kappa shape index (κ1) is 20.3. The van der Waals surface area contributed by atoms with Gasteiger partial charge in [-0.15, -0.1) is 5.10 Å². The predicted octanol–water partition coefficient (Wildman–Crippen LogP) is 3.32. The third kappa shape index (κ3) is 5.07. The van der Waals surface area contributed by atoms with Crippen LogP contribution < -0.4 is 10.1 Å². The molecule has 2 heterocycles. The number of aromatic nitrogens is 2. The molecular weight excluding hydrogens is 352 g/mol. The average Bonchev–Trinajstić information content (AvgIpc) is 2.74. The molecule has 150 valence electrons. The zero-order chi connectivity index (χ0) is 19.9. The van der Waals surface area contributed by atoms with Crippen molar-refractivity contribution < 1.29 is 9.53 Å². The number of methoxy groups -OCH3 is 1. The summed E-state index contributed by atoms with van der Waals surface area (Å²) in [6.07, 6.45) is 4.91. The summed E-state index contributed by atoms with van der Waals surface area (Å²) in [4.78, 5) is 15.0. The van der Waals surface area contributed by atoms with Crippen molar-refractivity contribution in [1.82, 2.24) is 20.4 Å². The van der Waals surface area contributed by atoms with Gasteiger partial charge in [-0.1, -0.05) is 25.5 Å². The summed E-state index contributed by atoms with van der Waals surface area (Å²) >= 11 is 0. The number of unbranched alkanes of at least 4 members (excludes halogenated alkanes) is 1. The Bertz CT molecular complexity index is 784. The molecule has 2 aromatic rings. The summed E-state index contributed by atoms with van der Waals surface area (Å²) in [7, 11) is 3.76. The van der Waals surface area contributed by atoms with Crippen molar-refractivity contribution in [3.63, 3.8) is 0 Å². The van der Waals surface area contributed by atoms with E-state index in [9.17, 15) is 4.79 Å². The molecule has 1 aromatic heterocycles. The number of nitrogens with one attached hydrogen (secondary N) is 1. The van der Waals surface area contributed by atoms with Gasteiger partial charge in [-0.2, -0.15) is 5.10 Å². The average molecular weight is 383 g/mol. The van der Waals surface area contributed by atoms with Crippen LogP contribution in [0.1, 0.15) is 48.8 Å². The molecular formula is C22H30N4O2. The smallest absolute Gasteiger partial charge is 0.272 e. The Morgan fingerprint density at radius 1 is 1.21 bits per heavy atom. The predicted molar refractivity (Wildman–Crippen MR) is 111 cm³/mol. The number of carbonyl (C=O) groups excluding carboxylic acids is 1. The molecule has 1 N–H and O–H groups in total. The quantitative estimate of drug-likeness (QED) is 0.796. The van der Waals surface area contributed by atoms with E-state index < -0.39 is 0 Å². The van der Waals surface area contributed by atoms with E-state index in [2.05, 4.69) is 34.4 Å². The van der Waals surface area contributed by atoms with Crippen LogP contribution in [0.15, 0.2) is 30.3 Å². The second kappa shape index (κ2) is 9.64. The maximum Gasteiger partial charge on any atom is 0.272 e. The summed E-state index contributed by atoms with van der Waals surface area (Å²) in [5, 5.41) is 11.8. The van der Waals surface area contributed by atoms with Gasteiger partial charge in [0, 0.05) is 11.6 Å². The molecule has 1 aromatic carbocycles. The number of aryl methyl sites for hydroxylation is 1. The highest BCUT2D eigenvalue weighted by Crippen LogP contribution is 2.26. The number of carbonyl (C=O) groups is 1. The Labute approximate surface area is 167 Å². The van der Waals surface area contributed by atoms with Gasteiger partial charge in [0.05, 0.1) is 12.8 Å². The van der Waals surface area contributed by atoms with Crippen molar-refractivity contribution in [3.05, 3.63) is 41.7 Å². The number of nitrogens with zero attached hydrogens (tertiary/aromatic N) is 3. The normalized spacial score (nSPS) is 15.4. The molecule has 6 nitrogen and oxygen atoms in total. The van der Waals surface area contributed by atoms with Crippen LogP contribution in [0.3, 0.4) is 0 Å². The number of likely N-dealkylation sites (tertiary alicyclic amines) is 1. The summed E-state index contributed by atoms with van der Waals surface area (Å²) in [5.41, 5.74) is 3.31. The molecule has 1 saturated heterocycles. The third-order valence-corrected chi connectivity index (χ3v) is 5.32. The van der Waals surface area contributed by atoms with E-state index in [1.807, 2.05) is 30.3 Å². The first-order valence-electron chi connectivity index (χ1n) is 10.1. The van der Waals surface area contributed by atoms with Crippen LogP contribution in [-0.4, -0.2) is 54.3 Å². The van der Waals surface area contributed by atoms with Gasteiger partial charge in [0.15, 0.2) is 5.69 Å². The molecule has 0 aliphatic carbocycles. The number of amides is 1. The fourth-order valence-corrected chi connectivity index (χ4v) is 3.49. The van der Waals surface area contributed by atoms with Crippen LogP contribution >= 0.6 is 0 Å². The molecule has 1 aliphatic rings. The maximum absolute atomic E-state index is 12.8. The molecule has 1 fully saturated rings. The molecule has 0 saturated carbocycles. The molecule has 6 heteroatoms. The van der Waals surface area contributed by atoms with E-state index in [1.165, 1.54) is 0 Å². The van der Waals surface area contributed by atoms with Gasteiger partial charge < -0.3 is 15.0 Å². The monoisotopic (exact) mass is 382 g/mol. The minimum Gasteiger partial charge on any atom is -0.497 e. The summed E-state index contributed by atoms with van der Waals surface area (Å²) in [6, 6.07) is 9.95. The zero-order valence-electron chi connectivity index (χ0n) is 17.1. The van der Waals surface area contributed by atoms with Gasteiger partial charge >= 0.3 is 0 Å². The SMILES string of the molecule is CCCCc1nnc(C(=O)NC2CCN(C)CC2)cc1-c1ccc(OC)cc1. The number of ether oxygens (including phenoxy) is 1. The molecule has 0 unspecified atom stereocenters. The van der Waals surface area contributed by atoms with E-state index in [0.717, 1.165) is 67.8 Å². The number of benzene rings is 1. The van der Waals surface area contributed by atoms with E-state index >= 15 is 0 Å². The number of hydrogen-bond acceptors (Lipinski definition) is 5.